The average molecular weight is 475 g/mol. The number of carbonyl (C=O) groups excluding carboxylic acids is 1. The number of aromatic carboxylic acids is 1. The van der Waals surface area contributed by atoms with Gasteiger partial charge in [0.1, 0.15) is 5.60 Å². The van der Waals surface area contributed by atoms with Crippen LogP contribution in [0.15, 0.2) is 5.38 Å². The van der Waals surface area contributed by atoms with E-state index in [0.29, 0.717) is 31.1 Å². The summed E-state index contributed by atoms with van der Waals surface area (Å²) in [7, 11) is -0.221. The van der Waals surface area contributed by atoms with Crippen molar-refractivity contribution in [2.75, 3.05) is 25.2 Å². The fraction of sp³-hybridized carbons (Fsp3) is 0.762. The van der Waals surface area contributed by atoms with Gasteiger partial charge in [-0.3, -0.25) is 4.90 Å². The molecule has 1 unspecified atom stereocenters. The maximum absolute atomic E-state index is 12.7. The Morgan fingerprint density at radius 3 is 2.29 bits per heavy atom. The molecular formula is C21H38N2O6SSi. The molecule has 1 atom stereocenters. The number of carboxylic acid groups (broad SMARTS) is 1. The van der Waals surface area contributed by atoms with Gasteiger partial charge in [-0.15, -0.1) is 11.3 Å². The van der Waals surface area contributed by atoms with Crippen LogP contribution in [0.1, 0.15) is 64.9 Å². The number of carboxylic acids is 1. The lowest BCUT2D eigenvalue weighted by Crippen LogP contribution is -2.43. The van der Waals surface area contributed by atoms with Gasteiger partial charge in [0.25, 0.3) is 0 Å². The third kappa shape index (κ3) is 8.87. The first kappa shape index (κ1) is 27.5. The number of methoxy groups -OCH3 is 1. The fourth-order valence-electron chi connectivity index (χ4n) is 2.33. The number of carbonyl (C=O) groups is 2. The predicted octanol–water partition coefficient (Wildman–Crippen LogP) is 5.40. The van der Waals surface area contributed by atoms with Crippen LogP contribution in [-0.2, 0) is 13.9 Å². The first-order valence-corrected chi connectivity index (χ1v) is 14.2. The molecule has 0 aliphatic heterocycles. The highest BCUT2D eigenvalue weighted by Crippen LogP contribution is 2.36. The van der Waals surface area contributed by atoms with Gasteiger partial charge in [0, 0.05) is 19.0 Å². The van der Waals surface area contributed by atoms with E-state index in [1.807, 2.05) is 0 Å². The van der Waals surface area contributed by atoms with Gasteiger partial charge in [0.05, 0.1) is 12.7 Å². The molecule has 0 aliphatic carbocycles. The minimum absolute atomic E-state index is 0.0916. The molecule has 0 fully saturated rings. The van der Waals surface area contributed by atoms with E-state index in [2.05, 4.69) is 38.8 Å². The monoisotopic (exact) mass is 474 g/mol. The van der Waals surface area contributed by atoms with E-state index in [-0.39, 0.29) is 16.8 Å². The van der Waals surface area contributed by atoms with Gasteiger partial charge < -0.3 is 19.0 Å². The van der Waals surface area contributed by atoms with E-state index >= 15 is 0 Å². The summed E-state index contributed by atoms with van der Waals surface area (Å²) in [6, 6.07) is 0. The second kappa shape index (κ2) is 10.9. The average Bonchev–Trinajstić information content (AvgIpc) is 3.08. The number of aromatic nitrogens is 1. The SMILES string of the molecule is COC(CCCN(C(=O)OC(C)(C)C)c1nc(C(=O)O)cs1)CO[Si](C)(C)C(C)(C)C. The smallest absolute Gasteiger partial charge is 0.416 e. The molecule has 1 aromatic rings. The molecule has 1 N–H and O–H groups in total. The first-order chi connectivity index (χ1) is 14.1. The Kier molecular flexibility index (Phi) is 9.67. The third-order valence-electron chi connectivity index (χ3n) is 5.23. The van der Waals surface area contributed by atoms with E-state index in [9.17, 15) is 9.59 Å². The van der Waals surface area contributed by atoms with Gasteiger partial charge in [0.15, 0.2) is 19.1 Å². The molecule has 0 aliphatic rings. The van der Waals surface area contributed by atoms with E-state index in [0.717, 1.165) is 11.3 Å². The fourth-order valence-corrected chi connectivity index (χ4v) is 4.18. The molecule has 31 heavy (non-hydrogen) atoms. The number of hydrogen-bond acceptors (Lipinski definition) is 7. The molecule has 8 nitrogen and oxygen atoms in total. The number of thiazole rings is 1. The van der Waals surface area contributed by atoms with Crippen LogP contribution in [0.5, 0.6) is 0 Å². The van der Waals surface area contributed by atoms with Gasteiger partial charge in [-0.2, -0.15) is 0 Å². The molecule has 178 valence electrons. The van der Waals surface area contributed by atoms with Crippen molar-refractivity contribution >= 4 is 36.8 Å². The van der Waals surface area contributed by atoms with Crippen molar-refractivity contribution in [1.82, 2.24) is 4.98 Å². The molecule has 0 saturated carbocycles. The van der Waals surface area contributed by atoms with Crippen molar-refractivity contribution in [3.05, 3.63) is 11.1 Å². The summed E-state index contributed by atoms with van der Waals surface area (Å²) in [6.07, 6.45) is 0.660. The molecule has 0 spiro atoms. The Labute approximate surface area is 191 Å². The van der Waals surface area contributed by atoms with Gasteiger partial charge in [-0.05, 0) is 51.7 Å². The Hall–Kier alpha value is -1.49. The normalized spacial score (nSPS) is 13.7. The van der Waals surface area contributed by atoms with Crippen molar-refractivity contribution in [3.63, 3.8) is 0 Å². The van der Waals surface area contributed by atoms with Crippen LogP contribution in [0.3, 0.4) is 0 Å². The quantitative estimate of drug-likeness (QED) is 0.453. The maximum Gasteiger partial charge on any atom is 0.416 e. The first-order valence-electron chi connectivity index (χ1n) is 10.4. The van der Waals surface area contributed by atoms with Crippen LogP contribution in [0, 0.1) is 0 Å². The largest absolute Gasteiger partial charge is 0.476 e. The van der Waals surface area contributed by atoms with E-state index in [1.165, 1.54) is 10.3 Å². The molecule has 1 heterocycles. The Morgan fingerprint density at radius 1 is 1.23 bits per heavy atom. The van der Waals surface area contributed by atoms with E-state index in [1.54, 1.807) is 27.9 Å². The summed E-state index contributed by atoms with van der Waals surface area (Å²) in [4.78, 5) is 29.4. The van der Waals surface area contributed by atoms with Crippen LogP contribution >= 0.6 is 11.3 Å². The number of nitrogens with zero attached hydrogens (tertiary/aromatic N) is 2. The van der Waals surface area contributed by atoms with Gasteiger partial charge in [-0.25, -0.2) is 14.6 Å². The molecule has 1 rings (SSSR count). The lowest BCUT2D eigenvalue weighted by molar-refractivity contribution is 0.0450. The van der Waals surface area contributed by atoms with E-state index < -0.39 is 26.0 Å². The summed E-state index contributed by atoms with van der Waals surface area (Å²) in [5.41, 5.74) is -0.764. The third-order valence-corrected chi connectivity index (χ3v) is 10.6. The molecule has 0 bridgehead atoms. The lowest BCUT2D eigenvalue weighted by Gasteiger charge is -2.37. The highest BCUT2D eigenvalue weighted by atomic mass is 32.1. The molecule has 0 radical (unpaired) electrons. The number of ether oxygens (including phenoxy) is 2. The highest BCUT2D eigenvalue weighted by molar-refractivity contribution is 7.14. The van der Waals surface area contributed by atoms with Crippen molar-refractivity contribution in [2.24, 2.45) is 0 Å². The second-order valence-corrected chi connectivity index (χ2v) is 15.7. The van der Waals surface area contributed by atoms with Gasteiger partial charge in [-0.1, -0.05) is 20.8 Å². The van der Waals surface area contributed by atoms with E-state index in [4.69, 9.17) is 19.0 Å². The molecule has 1 aromatic heterocycles. The summed E-state index contributed by atoms with van der Waals surface area (Å²) < 4.78 is 17.4. The second-order valence-electron chi connectivity index (χ2n) is 10.0. The number of anilines is 1. The summed E-state index contributed by atoms with van der Waals surface area (Å²) in [6.45, 7) is 17.2. The summed E-state index contributed by atoms with van der Waals surface area (Å²) >= 11 is 1.10. The van der Waals surface area contributed by atoms with Crippen molar-refractivity contribution < 1.29 is 28.6 Å². The van der Waals surface area contributed by atoms with Crippen LogP contribution in [-0.4, -0.2) is 62.4 Å². The van der Waals surface area contributed by atoms with Crippen LogP contribution in [0.25, 0.3) is 0 Å². The number of rotatable bonds is 10. The summed E-state index contributed by atoms with van der Waals surface area (Å²) in [5, 5.41) is 11.0. The standard InChI is InChI=1S/C21H38N2O6SSi/c1-20(2,3)29-19(26)23(18-22-16(14-30-18)17(24)25)12-10-11-15(27-7)13-28-31(8,9)21(4,5)6/h14-15H,10-13H2,1-9H3,(H,24,25). The Balaban J connectivity index is 2.80. The number of hydrogen-bond donors (Lipinski definition) is 1. The van der Waals surface area contributed by atoms with Crippen molar-refractivity contribution in [2.45, 2.75) is 84.2 Å². The highest BCUT2D eigenvalue weighted by Gasteiger charge is 2.37. The minimum Gasteiger partial charge on any atom is -0.476 e. The predicted molar refractivity (Wildman–Crippen MR) is 126 cm³/mol. The molecule has 0 saturated heterocycles. The molecular weight excluding hydrogens is 436 g/mol. The van der Waals surface area contributed by atoms with Crippen molar-refractivity contribution in [1.29, 1.82) is 0 Å². The lowest BCUT2D eigenvalue weighted by atomic mass is 10.2. The Morgan fingerprint density at radius 2 is 1.84 bits per heavy atom. The topological polar surface area (TPSA) is 98.2 Å². The maximum atomic E-state index is 12.7. The zero-order valence-electron chi connectivity index (χ0n) is 20.3. The molecule has 1 amide bonds. The van der Waals surface area contributed by atoms with Gasteiger partial charge in [0.2, 0.25) is 0 Å². The molecule has 0 aromatic carbocycles. The Bertz CT molecular complexity index is 739. The molecule has 10 heteroatoms. The zero-order chi connectivity index (χ0) is 24.0. The zero-order valence-corrected chi connectivity index (χ0v) is 22.1. The summed E-state index contributed by atoms with van der Waals surface area (Å²) in [5.74, 6) is -1.13. The van der Waals surface area contributed by atoms with Crippen LogP contribution in [0.4, 0.5) is 9.93 Å². The van der Waals surface area contributed by atoms with Crippen LogP contribution in [0.2, 0.25) is 18.1 Å². The van der Waals surface area contributed by atoms with Crippen LogP contribution < -0.4 is 4.90 Å². The van der Waals surface area contributed by atoms with Gasteiger partial charge >= 0.3 is 12.1 Å². The van der Waals surface area contributed by atoms with Crippen molar-refractivity contribution in [3.8, 4) is 0 Å². The number of amides is 1. The minimum atomic E-state index is -1.88.